The summed E-state index contributed by atoms with van der Waals surface area (Å²) in [5.74, 6) is -0.106. The molecular formula is C28H22ClN3O4S. The summed E-state index contributed by atoms with van der Waals surface area (Å²) in [6.07, 6.45) is 0.707. The van der Waals surface area contributed by atoms with Crippen molar-refractivity contribution in [2.45, 2.75) is 33.9 Å². The van der Waals surface area contributed by atoms with Gasteiger partial charge in [-0.3, -0.25) is 20.2 Å². The van der Waals surface area contributed by atoms with Crippen LogP contribution >= 0.6 is 23.4 Å². The molecule has 0 saturated heterocycles. The highest BCUT2D eigenvalue weighted by Crippen LogP contribution is 2.58. The van der Waals surface area contributed by atoms with E-state index >= 15 is 0 Å². The van der Waals surface area contributed by atoms with Crippen LogP contribution in [0.5, 0.6) is 0 Å². The van der Waals surface area contributed by atoms with Crippen LogP contribution in [-0.2, 0) is 0 Å². The van der Waals surface area contributed by atoms with E-state index in [0.29, 0.717) is 11.3 Å². The zero-order chi connectivity index (χ0) is 25.7. The summed E-state index contributed by atoms with van der Waals surface area (Å²) in [6.45, 7) is 0. The van der Waals surface area contributed by atoms with Crippen LogP contribution in [0.4, 0.5) is 17.1 Å². The van der Waals surface area contributed by atoms with Gasteiger partial charge in [0.1, 0.15) is 0 Å². The first-order valence-corrected chi connectivity index (χ1v) is 13.3. The number of rotatable bonds is 5. The van der Waals surface area contributed by atoms with Crippen molar-refractivity contribution in [2.24, 2.45) is 5.92 Å². The highest BCUT2D eigenvalue weighted by atomic mass is 35.5. The Morgan fingerprint density at radius 1 is 0.865 bits per heavy atom. The topological polar surface area (TPSA) is 98.3 Å². The molecule has 2 aliphatic rings. The van der Waals surface area contributed by atoms with Gasteiger partial charge in [0.2, 0.25) is 0 Å². The zero-order valence-electron chi connectivity index (χ0n) is 19.5. The normalized spacial score (nSPS) is 24.2. The molecule has 0 amide bonds. The van der Waals surface area contributed by atoms with Crippen molar-refractivity contribution in [1.82, 2.24) is 0 Å². The molecule has 0 aromatic heterocycles. The highest BCUT2D eigenvalue weighted by Gasteiger charge is 2.51. The van der Waals surface area contributed by atoms with Crippen LogP contribution < -0.4 is 5.32 Å². The number of hydrogen-bond acceptors (Lipinski definition) is 6. The van der Waals surface area contributed by atoms with E-state index in [1.807, 2.05) is 18.2 Å². The molecule has 1 fully saturated rings. The van der Waals surface area contributed by atoms with Crippen molar-refractivity contribution < 1.29 is 9.85 Å². The van der Waals surface area contributed by atoms with Gasteiger partial charge in [0.25, 0.3) is 11.4 Å². The lowest BCUT2D eigenvalue weighted by Gasteiger charge is -2.38. The van der Waals surface area contributed by atoms with Crippen molar-refractivity contribution in [1.29, 1.82) is 0 Å². The molecule has 1 N–H and O–H groups in total. The van der Waals surface area contributed by atoms with Gasteiger partial charge in [0.15, 0.2) is 0 Å². The van der Waals surface area contributed by atoms with Crippen LogP contribution in [0, 0.1) is 26.1 Å². The summed E-state index contributed by atoms with van der Waals surface area (Å²) in [5.41, 5.74) is 2.91. The molecule has 1 aliphatic heterocycles. The average Bonchev–Trinajstić information content (AvgIpc) is 3.23. The Morgan fingerprint density at radius 2 is 1.62 bits per heavy atom. The third-order valence-corrected chi connectivity index (χ3v) is 9.62. The monoisotopic (exact) mass is 531 g/mol. The SMILES string of the molecule is O=[N+]([O-])c1ccc2c(c1)[C@H]1[C@@H](Cl)[C@@H](Sc3ccccc3[N+](=O)[O-])C[C@H]1[C@@H](c1cccc3ccccc13)N2. The van der Waals surface area contributed by atoms with Gasteiger partial charge in [0.05, 0.1) is 26.2 Å². The van der Waals surface area contributed by atoms with Crippen LogP contribution in [0.3, 0.4) is 0 Å². The van der Waals surface area contributed by atoms with E-state index in [9.17, 15) is 20.2 Å². The lowest BCUT2D eigenvalue weighted by atomic mass is 9.76. The number of nitro benzene ring substituents is 2. The van der Waals surface area contributed by atoms with Gasteiger partial charge in [-0.2, -0.15) is 0 Å². The number of nitrogens with zero attached hydrogens (tertiary/aromatic N) is 2. The van der Waals surface area contributed by atoms with Gasteiger partial charge in [0, 0.05) is 35.1 Å². The Hall–Kier alpha value is -3.62. The van der Waals surface area contributed by atoms with E-state index in [1.165, 1.54) is 23.9 Å². The lowest BCUT2D eigenvalue weighted by Crippen LogP contribution is -2.31. The molecule has 0 spiro atoms. The first-order valence-electron chi connectivity index (χ1n) is 12.0. The number of thioether (sulfide) groups is 1. The van der Waals surface area contributed by atoms with Gasteiger partial charge in [-0.05, 0) is 46.4 Å². The number of para-hydroxylation sites is 1. The smallest absolute Gasteiger partial charge is 0.282 e. The number of alkyl halides is 1. The van der Waals surface area contributed by atoms with Gasteiger partial charge in [-0.15, -0.1) is 23.4 Å². The van der Waals surface area contributed by atoms with Gasteiger partial charge in [-0.1, -0.05) is 54.6 Å². The summed E-state index contributed by atoms with van der Waals surface area (Å²) in [5, 5.41) is 28.7. The van der Waals surface area contributed by atoms with Gasteiger partial charge >= 0.3 is 0 Å². The fourth-order valence-corrected chi connectivity index (χ4v) is 7.86. The maximum absolute atomic E-state index is 11.6. The Labute approximate surface area is 222 Å². The number of nitro groups is 2. The van der Waals surface area contributed by atoms with E-state index in [2.05, 4.69) is 29.6 Å². The maximum atomic E-state index is 11.6. The Bertz CT molecular complexity index is 1540. The van der Waals surface area contributed by atoms with Gasteiger partial charge in [-0.25, -0.2) is 0 Å². The minimum absolute atomic E-state index is 0.0292. The molecular weight excluding hydrogens is 510 g/mol. The quantitative estimate of drug-likeness (QED) is 0.161. The second kappa shape index (κ2) is 9.36. The molecule has 0 unspecified atom stereocenters. The largest absolute Gasteiger partial charge is 0.378 e. The fraction of sp³-hybridized carbons (Fsp3) is 0.214. The summed E-state index contributed by atoms with van der Waals surface area (Å²) in [6, 6.07) is 26.1. The predicted octanol–water partition coefficient (Wildman–Crippen LogP) is 7.69. The van der Waals surface area contributed by atoms with E-state index in [1.54, 1.807) is 30.3 Å². The number of halogens is 1. The highest BCUT2D eigenvalue weighted by molar-refractivity contribution is 8.00. The fourth-order valence-electron chi connectivity index (χ4n) is 5.92. The molecule has 0 bridgehead atoms. The molecule has 5 atom stereocenters. The zero-order valence-corrected chi connectivity index (χ0v) is 21.1. The van der Waals surface area contributed by atoms with E-state index < -0.39 is 0 Å². The molecule has 7 nitrogen and oxygen atoms in total. The number of benzene rings is 4. The summed E-state index contributed by atoms with van der Waals surface area (Å²) >= 11 is 8.61. The van der Waals surface area contributed by atoms with Crippen molar-refractivity contribution in [3.63, 3.8) is 0 Å². The lowest BCUT2D eigenvalue weighted by molar-refractivity contribution is -0.387. The van der Waals surface area contributed by atoms with Crippen LogP contribution in [-0.4, -0.2) is 20.5 Å². The first-order chi connectivity index (χ1) is 17.9. The second-order valence-corrected chi connectivity index (χ2v) is 11.3. The number of anilines is 1. The molecule has 4 aromatic carbocycles. The number of hydrogen-bond donors (Lipinski definition) is 1. The third-order valence-electron chi connectivity index (χ3n) is 7.51. The summed E-state index contributed by atoms with van der Waals surface area (Å²) in [7, 11) is 0. The van der Waals surface area contributed by atoms with E-state index in [-0.39, 0.29) is 49.7 Å². The van der Waals surface area contributed by atoms with Crippen molar-refractivity contribution >= 4 is 51.2 Å². The molecule has 1 saturated carbocycles. The van der Waals surface area contributed by atoms with Crippen molar-refractivity contribution in [2.75, 3.05) is 5.32 Å². The Kier molecular flexibility index (Phi) is 6.01. The summed E-state index contributed by atoms with van der Waals surface area (Å²) < 4.78 is 0. The number of fused-ring (bicyclic) bond motifs is 4. The van der Waals surface area contributed by atoms with Crippen molar-refractivity contribution in [3.05, 3.63) is 116 Å². The van der Waals surface area contributed by atoms with Crippen LogP contribution in [0.15, 0.2) is 89.8 Å². The molecule has 1 aliphatic carbocycles. The minimum atomic E-state index is -0.385. The first kappa shape index (κ1) is 23.8. The molecule has 37 heavy (non-hydrogen) atoms. The Balaban J connectivity index is 1.46. The molecule has 9 heteroatoms. The van der Waals surface area contributed by atoms with Crippen molar-refractivity contribution in [3.8, 4) is 0 Å². The van der Waals surface area contributed by atoms with Crippen LogP contribution in [0.2, 0.25) is 0 Å². The van der Waals surface area contributed by atoms with Crippen LogP contribution in [0.1, 0.15) is 29.5 Å². The van der Waals surface area contributed by atoms with E-state index in [4.69, 9.17) is 11.6 Å². The molecule has 1 heterocycles. The number of nitrogens with one attached hydrogen (secondary N) is 1. The molecule has 186 valence electrons. The van der Waals surface area contributed by atoms with Gasteiger partial charge < -0.3 is 5.32 Å². The molecule has 4 aromatic rings. The molecule has 6 rings (SSSR count). The number of non-ortho nitro benzene ring substituents is 1. The van der Waals surface area contributed by atoms with E-state index in [0.717, 1.165) is 27.6 Å². The Morgan fingerprint density at radius 3 is 2.43 bits per heavy atom. The summed E-state index contributed by atoms with van der Waals surface area (Å²) in [4.78, 5) is 23.0. The third kappa shape index (κ3) is 4.10. The second-order valence-electron chi connectivity index (χ2n) is 9.47. The molecule has 0 radical (unpaired) electrons. The van der Waals surface area contributed by atoms with Crippen LogP contribution in [0.25, 0.3) is 10.8 Å². The maximum Gasteiger partial charge on any atom is 0.282 e. The predicted molar refractivity (Wildman–Crippen MR) is 147 cm³/mol. The minimum Gasteiger partial charge on any atom is -0.378 e. The average molecular weight is 532 g/mol. The standard InChI is InChI=1S/C28H22ClN3O4S/c29-27-25(37-24-11-4-3-10-23(24)32(35)36)15-21-26(27)20-14-17(31(33)34)12-13-22(20)30-28(21)19-9-5-7-16-6-1-2-8-18(16)19/h1-14,21,25-28,30H,15H2/t21-,25+,26-,27+,28-/m1/s1.